The Morgan fingerprint density at radius 1 is 1.21 bits per heavy atom. The number of alkyl halides is 3. The number of rotatable bonds is 6. The fourth-order valence-electron chi connectivity index (χ4n) is 3.13. The van der Waals surface area contributed by atoms with E-state index in [1.807, 2.05) is 0 Å². The molecule has 0 spiro atoms. The smallest absolute Gasteiger partial charge is 0.480 e. The van der Waals surface area contributed by atoms with E-state index in [-0.39, 0.29) is 22.8 Å². The monoisotopic (exact) mass is 476 g/mol. The van der Waals surface area contributed by atoms with Gasteiger partial charge < -0.3 is 20.5 Å². The average Bonchev–Trinajstić information content (AvgIpc) is 3.17. The molecule has 0 atom stereocenters. The Labute approximate surface area is 189 Å². The molecule has 9 nitrogen and oxygen atoms in total. The van der Waals surface area contributed by atoms with Crippen LogP contribution in [-0.4, -0.2) is 39.0 Å². The summed E-state index contributed by atoms with van der Waals surface area (Å²) in [6.07, 6.45) is -1.96. The van der Waals surface area contributed by atoms with E-state index >= 15 is 0 Å². The zero-order valence-corrected chi connectivity index (χ0v) is 17.4. The van der Waals surface area contributed by atoms with Crippen LogP contribution in [0.3, 0.4) is 0 Å². The van der Waals surface area contributed by atoms with Crippen LogP contribution in [0.4, 0.5) is 23.4 Å². The molecule has 4 rings (SSSR count). The van der Waals surface area contributed by atoms with E-state index in [1.54, 1.807) is 12.1 Å². The van der Waals surface area contributed by atoms with Gasteiger partial charge >= 0.3 is 6.36 Å². The molecule has 0 radical (unpaired) electrons. The van der Waals surface area contributed by atoms with Gasteiger partial charge in [0.15, 0.2) is 5.65 Å². The van der Waals surface area contributed by atoms with E-state index in [4.69, 9.17) is 10.5 Å². The molecule has 176 valence electrons. The van der Waals surface area contributed by atoms with Crippen molar-refractivity contribution in [2.24, 2.45) is 0 Å². The summed E-state index contributed by atoms with van der Waals surface area (Å²) in [7, 11) is 1.31. The highest BCUT2D eigenvalue weighted by Crippen LogP contribution is 2.26. The molecule has 4 aromatic rings. The summed E-state index contributed by atoms with van der Waals surface area (Å²) in [6.45, 7) is -0.411. The number of nitrogens with two attached hydrogens (primary N) is 1. The Morgan fingerprint density at radius 2 is 2.00 bits per heavy atom. The predicted molar refractivity (Wildman–Crippen MR) is 111 cm³/mol. The number of nitrogens with one attached hydrogen (secondary N) is 1. The highest BCUT2D eigenvalue weighted by atomic mass is 19.4. The minimum atomic E-state index is -4.93. The van der Waals surface area contributed by atoms with Crippen LogP contribution in [0, 0.1) is 5.82 Å². The number of amides is 1. The van der Waals surface area contributed by atoms with Gasteiger partial charge in [-0.25, -0.2) is 18.9 Å². The van der Waals surface area contributed by atoms with Gasteiger partial charge in [-0.3, -0.25) is 4.79 Å². The molecule has 0 saturated heterocycles. The quantitative estimate of drug-likeness (QED) is 0.410. The molecule has 3 aromatic heterocycles. The number of carbonyl (C=O) groups excluding carboxylic acids is 1. The topological polar surface area (TPSA) is 117 Å². The summed E-state index contributed by atoms with van der Waals surface area (Å²) in [5.41, 5.74) is 6.92. The van der Waals surface area contributed by atoms with Crippen molar-refractivity contribution in [3.8, 4) is 22.9 Å². The number of imidazole rings is 1. The number of halogens is 4. The average molecular weight is 476 g/mol. The van der Waals surface area contributed by atoms with Crippen molar-refractivity contribution in [2.45, 2.75) is 12.9 Å². The summed E-state index contributed by atoms with van der Waals surface area (Å²) in [5, 5.41) is 6.82. The molecule has 0 fully saturated rings. The number of nitrogen functional groups attached to an aromatic ring is 1. The lowest BCUT2D eigenvalue weighted by Gasteiger charge is -2.13. The van der Waals surface area contributed by atoms with E-state index in [0.717, 1.165) is 18.2 Å². The Kier molecular flexibility index (Phi) is 5.92. The zero-order valence-electron chi connectivity index (χ0n) is 17.4. The lowest BCUT2D eigenvalue weighted by molar-refractivity contribution is -0.274. The van der Waals surface area contributed by atoms with Gasteiger partial charge in [-0.2, -0.15) is 5.10 Å². The number of carbonyl (C=O) groups is 1. The number of hydrogen-bond acceptors (Lipinski definition) is 7. The predicted octanol–water partition coefficient (Wildman–Crippen LogP) is 3.35. The molecule has 1 amide bonds. The summed E-state index contributed by atoms with van der Waals surface area (Å²) < 4.78 is 61.8. The number of anilines is 1. The van der Waals surface area contributed by atoms with Crippen molar-refractivity contribution in [2.75, 3.05) is 12.8 Å². The summed E-state index contributed by atoms with van der Waals surface area (Å²) in [5.74, 6) is -1.84. The van der Waals surface area contributed by atoms with Gasteiger partial charge in [-0.05, 0) is 36.4 Å². The molecule has 0 aliphatic carbocycles. The zero-order chi connectivity index (χ0) is 24.5. The number of fused-ring (bicyclic) bond motifs is 1. The molecule has 1 aromatic carbocycles. The third kappa shape index (κ3) is 4.98. The Balaban J connectivity index is 1.57. The molecular weight excluding hydrogens is 460 g/mol. The van der Waals surface area contributed by atoms with Gasteiger partial charge in [0.05, 0.1) is 19.0 Å². The maximum Gasteiger partial charge on any atom is 0.573 e. The first kappa shape index (κ1) is 22.8. The minimum Gasteiger partial charge on any atom is -0.480 e. The van der Waals surface area contributed by atoms with E-state index in [9.17, 15) is 22.4 Å². The first-order valence-corrected chi connectivity index (χ1v) is 9.61. The van der Waals surface area contributed by atoms with Crippen LogP contribution >= 0.6 is 0 Å². The minimum absolute atomic E-state index is 0.00939. The van der Waals surface area contributed by atoms with Crippen LogP contribution in [-0.2, 0) is 6.54 Å². The Morgan fingerprint density at radius 3 is 2.74 bits per heavy atom. The second-order valence-corrected chi connectivity index (χ2v) is 6.95. The highest BCUT2D eigenvalue weighted by Gasteiger charge is 2.31. The van der Waals surface area contributed by atoms with Gasteiger partial charge in [0, 0.05) is 23.9 Å². The normalized spacial score (nSPS) is 11.4. The SMILES string of the molecule is COc1ncc(-c2ccc3nc(N)cn3n2)cc1C(=O)NCc1cc(OC(F)(F)F)ccc1F. The number of hydrogen-bond donors (Lipinski definition) is 2. The van der Waals surface area contributed by atoms with Gasteiger partial charge in [0.2, 0.25) is 5.88 Å². The van der Waals surface area contributed by atoms with Crippen molar-refractivity contribution in [3.63, 3.8) is 0 Å². The van der Waals surface area contributed by atoms with Crippen LogP contribution in [0.25, 0.3) is 16.9 Å². The number of nitrogens with zero attached hydrogens (tertiary/aromatic N) is 4. The largest absolute Gasteiger partial charge is 0.573 e. The third-order valence-corrected chi connectivity index (χ3v) is 4.61. The number of pyridine rings is 1. The maximum atomic E-state index is 14.1. The fourth-order valence-corrected chi connectivity index (χ4v) is 3.13. The third-order valence-electron chi connectivity index (χ3n) is 4.61. The van der Waals surface area contributed by atoms with Crippen LogP contribution in [0.15, 0.2) is 48.8 Å². The highest BCUT2D eigenvalue weighted by molar-refractivity contribution is 5.97. The summed E-state index contributed by atoms with van der Waals surface area (Å²) in [6, 6.07) is 7.31. The lowest BCUT2D eigenvalue weighted by atomic mass is 10.1. The number of aromatic nitrogens is 4. The molecular formula is C21H16F4N6O3. The van der Waals surface area contributed by atoms with Gasteiger partial charge in [-0.15, -0.1) is 13.2 Å². The molecule has 0 unspecified atom stereocenters. The molecule has 0 saturated carbocycles. The second-order valence-electron chi connectivity index (χ2n) is 6.95. The van der Waals surface area contributed by atoms with Crippen molar-refractivity contribution in [1.29, 1.82) is 0 Å². The Bertz CT molecular complexity index is 1370. The fraction of sp³-hybridized carbons (Fsp3) is 0.143. The van der Waals surface area contributed by atoms with Crippen molar-refractivity contribution >= 4 is 17.4 Å². The maximum absolute atomic E-state index is 14.1. The van der Waals surface area contributed by atoms with E-state index in [2.05, 4.69) is 25.1 Å². The first-order chi connectivity index (χ1) is 16.1. The number of methoxy groups -OCH3 is 1. The molecule has 3 N–H and O–H groups in total. The molecule has 0 aliphatic heterocycles. The van der Waals surface area contributed by atoms with Crippen molar-refractivity contribution in [1.82, 2.24) is 24.9 Å². The lowest BCUT2D eigenvalue weighted by Crippen LogP contribution is -2.24. The van der Waals surface area contributed by atoms with Gasteiger partial charge in [0.1, 0.15) is 22.9 Å². The standard InChI is InChI=1S/C21H16F4N6O3/c1-33-20-14(7-12(9-28-20)16-4-5-18-29-17(26)10-31(18)30-16)19(32)27-8-11-6-13(2-3-15(11)22)34-21(23,24)25/h2-7,9-10H,8,26H2,1H3,(H,27,32). The van der Waals surface area contributed by atoms with E-state index in [0.29, 0.717) is 16.9 Å². The molecule has 13 heteroatoms. The molecule has 0 bridgehead atoms. The molecule has 34 heavy (non-hydrogen) atoms. The number of ether oxygens (including phenoxy) is 2. The molecule has 0 aliphatic rings. The van der Waals surface area contributed by atoms with Crippen molar-refractivity contribution in [3.05, 3.63) is 65.7 Å². The number of benzene rings is 1. The van der Waals surface area contributed by atoms with Crippen LogP contribution in [0.5, 0.6) is 11.6 Å². The summed E-state index contributed by atoms with van der Waals surface area (Å²) >= 11 is 0. The van der Waals surface area contributed by atoms with Crippen LogP contribution in [0.1, 0.15) is 15.9 Å². The van der Waals surface area contributed by atoms with E-state index < -0.39 is 30.4 Å². The van der Waals surface area contributed by atoms with Gasteiger partial charge in [-0.1, -0.05) is 0 Å². The Hall–Kier alpha value is -4.42. The van der Waals surface area contributed by atoms with Crippen molar-refractivity contribution < 1.29 is 31.8 Å². The second kappa shape index (κ2) is 8.84. The molecule has 3 heterocycles. The summed E-state index contributed by atoms with van der Waals surface area (Å²) in [4.78, 5) is 21.0. The van der Waals surface area contributed by atoms with Gasteiger partial charge in [0.25, 0.3) is 5.91 Å². The van der Waals surface area contributed by atoms with E-state index in [1.165, 1.54) is 30.1 Å². The van der Waals surface area contributed by atoms with Crippen LogP contribution in [0.2, 0.25) is 0 Å². The van der Waals surface area contributed by atoms with Crippen LogP contribution < -0.4 is 20.5 Å². The first-order valence-electron chi connectivity index (χ1n) is 9.61.